The monoisotopic (exact) mass is 330 g/mol. The number of aliphatic hydroxyl groups is 1. The van der Waals surface area contributed by atoms with Crippen LogP contribution in [-0.2, 0) is 5.60 Å². The molecule has 0 aliphatic carbocycles. The van der Waals surface area contributed by atoms with Gasteiger partial charge in [0.15, 0.2) is 0 Å². The van der Waals surface area contributed by atoms with Crippen molar-refractivity contribution in [1.82, 2.24) is 5.32 Å². The Labute approximate surface area is 141 Å². The van der Waals surface area contributed by atoms with Crippen LogP contribution in [0.5, 0.6) is 5.75 Å². The Morgan fingerprint density at radius 2 is 2.17 bits per heavy atom. The second kappa shape index (κ2) is 7.70. The molecule has 1 atom stereocenters. The number of furan rings is 1. The molecule has 1 unspecified atom stereocenters. The number of ether oxygens (including phenoxy) is 1. The van der Waals surface area contributed by atoms with Crippen LogP contribution in [0, 0.1) is 0 Å². The maximum Gasteiger partial charge on any atom is 0.319 e. The number of hydrogen-bond donors (Lipinski definition) is 3. The normalized spacial score (nSPS) is 13.0. The van der Waals surface area contributed by atoms with Crippen LogP contribution in [0.2, 0.25) is 0 Å². The smallest absolute Gasteiger partial charge is 0.319 e. The van der Waals surface area contributed by atoms with Gasteiger partial charge in [-0.2, -0.15) is 0 Å². The van der Waals surface area contributed by atoms with Crippen LogP contribution >= 0.6 is 0 Å². The third-order valence-corrected chi connectivity index (χ3v) is 3.22. The molecule has 2 rings (SSSR count). The van der Waals surface area contributed by atoms with Crippen LogP contribution in [-0.4, -0.2) is 24.3 Å². The summed E-state index contributed by atoms with van der Waals surface area (Å²) in [7, 11) is 0. The summed E-state index contributed by atoms with van der Waals surface area (Å²) in [5.41, 5.74) is 0.212. The van der Waals surface area contributed by atoms with E-state index in [1.807, 2.05) is 6.92 Å². The third kappa shape index (κ3) is 5.17. The zero-order valence-corrected chi connectivity index (χ0v) is 13.8. The molecule has 3 N–H and O–H groups in total. The van der Waals surface area contributed by atoms with Gasteiger partial charge in [0.2, 0.25) is 0 Å². The van der Waals surface area contributed by atoms with E-state index >= 15 is 0 Å². The van der Waals surface area contributed by atoms with Crippen molar-refractivity contribution in [3.63, 3.8) is 0 Å². The van der Waals surface area contributed by atoms with Crippen LogP contribution in [0.25, 0.3) is 0 Å². The molecule has 6 nitrogen and oxygen atoms in total. The number of carbonyl (C=O) groups is 1. The van der Waals surface area contributed by atoms with E-state index in [2.05, 4.69) is 17.2 Å². The SMILES string of the molecule is C=C(C)COc1cccc(NC(=O)NCC(C)(O)c2ccco2)c1. The quantitative estimate of drug-likeness (QED) is 0.680. The van der Waals surface area contributed by atoms with Gasteiger partial charge in [0.05, 0.1) is 12.8 Å². The average molecular weight is 330 g/mol. The third-order valence-electron chi connectivity index (χ3n) is 3.22. The largest absolute Gasteiger partial charge is 0.489 e. The first-order valence-electron chi connectivity index (χ1n) is 7.55. The molecule has 2 aromatic rings. The van der Waals surface area contributed by atoms with Gasteiger partial charge >= 0.3 is 6.03 Å². The number of nitrogens with one attached hydrogen (secondary N) is 2. The predicted molar refractivity (Wildman–Crippen MR) is 92.1 cm³/mol. The summed E-state index contributed by atoms with van der Waals surface area (Å²) in [6, 6.07) is 9.95. The van der Waals surface area contributed by atoms with Gasteiger partial charge in [-0.15, -0.1) is 0 Å². The highest BCUT2D eigenvalue weighted by Crippen LogP contribution is 2.20. The molecule has 0 fully saturated rings. The van der Waals surface area contributed by atoms with Crippen molar-refractivity contribution in [3.05, 3.63) is 60.6 Å². The topological polar surface area (TPSA) is 83.7 Å². The Bertz CT molecular complexity index is 693. The first-order valence-corrected chi connectivity index (χ1v) is 7.55. The molecule has 128 valence electrons. The number of rotatable bonds is 7. The summed E-state index contributed by atoms with van der Waals surface area (Å²) in [5, 5.41) is 15.6. The van der Waals surface area contributed by atoms with E-state index in [9.17, 15) is 9.90 Å². The zero-order valence-electron chi connectivity index (χ0n) is 13.8. The summed E-state index contributed by atoms with van der Waals surface area (Å²) in [4.78, 5) is 12.0. The minimum Gasteiger partial charge on any atom is -0.489 e. The van der Waals surface area contributed by atoms with E-state index < -0.39 is 11.6 Å². The van der Waals surface area contributed by atoms with E-state index in [4.69, 9.17) is 9.15 Å². The lowest BCUT2D eigenvalue weighted by atomic mass is 10.0. The zero-order chi connectivity index (χ0) is 17.6. The summed E-state index contributed by atoms with van der Waals surface area (Å²) >= 11 is 0. The fourth-order valence-electron chi connectivity index (χ4n) is 1.97. The highest BCUT2D eigenvalue weighted by molar-refractivity contribution is 5.89. The van der Waals surface area contributed by atoms with Gasteiger partial charge in [-0.25, -0.2) is 4.79 Å². The number of amides is 2. The molecule has 2 amide bonds. The van der Waals surface area contributed by atoms with Gasteiger partial charge in [-0.1, -0.05) is 12.6 Å². The van der Waals surface area contributed by atoms with Gasteiger partial charge < -0.3 is 24.9 Å². The van der Waals surface area contributed by atoms with Crippen molar-refractivity contribution in [3.8, 4) is 5.75 Å². The molecule has 0 spiro atoms. The lowest BCUT2D eigenvalue weighted by Crippen LogP contribution is -2.40. The Morgan fingerprint density at radius 3 is 2.83 bits per heavy atom. The Morgan fingerprint density at radius 1 is 1.38 bits per heavy atom. The van der Waals surface area contributed by atoms with Gasteiger partial charge in [-0.05, 0) is 43.7 Å². The molecule has 1 aromatic carbocycles. The van der Waals surface area contributed by atoms with E-state index in [-0.39, 0.29) is 6.54 Å². The number of anilines is 1. The average Bonchev–Trinajstić information content (AvgIpc) is 3.07. The van der Waals surface area contributed by atoms with Crippen LogP contribution in [0.1, 0.15) is 19.6 Å². The highest BCUT2D eigenvalue weighted by Gasteiger charge is 2.26. The molecule has 1 aromatic heterocycles. The number of urea groups is 1. The van der Waals surface area contributed by atoms with Gasteiger partial charge in [-0.3, -0.25) is 0 Å². The maximum atomic E-state index is 12.0. The maximum absolute atomic E-state index is 12.0. The molecule has 0 radical (unpaired) electrons. The molecular formula is C18H22N2O4. The standard InChI is InChI=1S/C18H22N2O4/c1-13(2)11-24-15-7-4-6-14(10-15)20-17(21)19-12-18(3,22)16-8-5-9-23-16/h4-10,22H,1,11-12H2,2-3H3,(H2,19,20,21). The summed E-state index contributed by atoms with van der Waals surface area (Å²) in [6.07, 6.45) is 1.47. The minimum atomic E-state index is -1.28. The molecule has 24 heavy (non-hydrogen) atoms. The van der Waals surface area contributed by atoms with Crippen molar-refractivity contribution in [2.45, 2.75) is 19.4 Å². The lowest BCUT2D eigenvalue weighted by Gasteiger charge is -2.21. The van der Waals surface area contributed by atoms with Crippen LogP contribution in [0.4, 0.5) is 10.5 Å². The van der Waals surface area contributed by atoms with Crippen LogP contribution < -0.4 is 15.4 Å². The first-order chi connectivity index (χ1) is 11.4. The Balaban J connectivity index is 1.88. The minimum absolute atomic E-state index is 0.0121. The summed E-state index contributed by atoms with van der Waals surface area (Å²) in [5.74, 6) is 1.02. The second-order valence-electron chi connectivity index (χ2n) is 5.83. The number of benzene rings is 1. The molecule has 6 heteroatoms. The van der Waals surface area contributed by atoms with Crippen molar-refractivity contribution in [2.24, 2.45) is 0 Å². The molecule has 0 aliphatic heterocycles. The van der Waals surface area contributed by atoms with E-state index in [0.29, 0.717) is 23.8 Å². The van der Waals surface area contributed by atoms with Gasteiger partial charge in [0.25, 0.3) is 0 Å². The summed E-state index contributed by atoms with van der Waals surface area (Å²) < 4.78 is 10.7. The summed E-state index contributed by atoms with van der Waals surface area (Å²) in [6.45, 7) is 7.65. The fourth-order valence-corrected chi connectivity index (χ4v) is 1.97. The highest BCUT2D eigenvalue weighted by atomic mass is 16.5. The van der Waals surface area contributed by atoms with E-state index in [0.717, 1.165) is 5.57 Å². The predicted octanol–water partition coefficient (Wildman–Crippen LogP) is 3.26. The lowest BCUT2D eigenvalue weighted by molar-refractivity contribution is 0.0372. The molecular weight excluding hydrogens is 308 g/mol. The molecule has 0 bridgehead atoms. The molecule has 1 heterocycles. The molecule has 0 aliphatic rings. The van der Waals surface area contributed by atoms with Gasteiger partial charge in [0.1, 0.15) is 23.7 Å². The fraction of sp³-hybridized carbons (Fsp3) is 0.278. The van der Waals surface area contributed by atoms with Crippen molar-refractivity contribution >= 4 is 11.7 Å². The van der Waals surface area contributed by atoms with Crippen molar-refractivity contribution in [2.75, 3.05) is 18.5 Å². The van der Waals surface area contributed by atoms with Crippen LogP contribution in [0.15, 0.2) is 59.2 Å². The molecule has 0 saturated carbocycles. The second-order valence-corrected chi connectivity index (χ2v) is 5.83. The first kappa shape index (κ1) is 17.6. The van der Waals surface area contributed by atoms with Crippen molar-refractivity contribution in [1.29, 1.82) is 0 Å². The van der Waals surface area contributed by atoms with E-state index in [1.165, 1.54) is 6.26 Å². The van der Waals surface area contributed by atoms with E-state index in [1.54, 1.807) is 43.3 Å². The van der Waals surface area contributed by atoms with Crippen molar-refractivity contribution < 1.29 is 19.1 Å². The molecule has 0 saturated heterocycles. The Kier molecular flexibility index (Phi) is 5.65. The van der Waals surface area contributed by atoms with Crippen LogP contribution in [0.3, 0.4) is 0 Å². The number of hydrogen-bond acceptors (Lipinski definition) is 4. The number of carbonyl (C=O) groups excluding carboxylic acids is 1. The van der Waals surface area contributed by atoms with Gasteiger partial charge in [0, 0.05) is 11.8 Å². The Hall–Kier alpha value is -2.73.